The van der Waals surface area contributed by atoms with Crippen LogP contribution in [0.15, 0.2) is 34.9 Å². The lowest BCUT2D eigenvalue weighted by Gasteiger charge is -2.08. The van der Waals surface area contributed by atoms with E-state index in [0.717, 1.165) is 35.2 Å². The Morgan fingerprint density at radius 3 is 3.18 bits per heavy atom. The van der Waals surface area contributed by atoms with Gasteiger partial charge in [0.2, 0.25) is 5.91 Å². The summed E-state index contributed by atoms with van der Waals surface area (Å²) < 4.78 is 1.08. The molecular formula is C16H18BrN3OS. The first-order chi connectivity index (χ1) is 10.7. The Morgan fingerprint density at radius 1 is 1.50 bits per heavy atom. The number of thiazole rings is 1. The van der Waals surface area contributed by atoms with Crippen LogP contribution >= 0.6 is 27.3 Å². The van der Waals surface area contributed by atoms with E-state index in [4.69, 9.17) is 0 Å². The highest BCUT2D eigenvalue weighted by molar-refractivity contribution is 9.10. The van der Waals surface area contributed by atoms with Gasteiger partial charge in [0.05, 0.1) is 0 Å². The van der Waals surface area contributed by atoms with Gasteiger partial charge in [-0.25, -0.2) is 4.98 Å². The summed E-state index contributed by atoms with van der Waals surface area (Å²) in [7, 11) is 0. The lowest BCUT2D eigenvalue weighted by atomic mass is 10.1. The molecule has 1 aromatic heterocycles. The third kappa shape index (κ3) is 4.38. The van der Waals surface area contributed by atoms with Crippen LogP contribution in [0, 0.1) is 0 Å². The van der Waals surface area contributed by atoms with Crippen LogP contribution < -0.4 is 10.6 Å². The number of carbonyl (C=O) groups is 1. The zero-order valence-electron chi connectivity index (χ0n) is 12.1. The largest absolute Gasteiger partial charge is 0.313 e. The molecule has 0 spiro atoms. The molecule has 1 unspecified atom stereocenters. The summed E-state index contributed by atoms with van der Waals surface area (Å²) in [5.41, 5.74) is 1.23. The fraction of sp³-hybridized carbons (Fsp3) is 0.375. The van der Waals surface area contributed by atoms with Crippen molar-refractivity contribution < 1.29 is 4.79 Å². The van der Waals surface area contributed by atoms with Gasteiger partial charge in [-0.1, -0.05) is 28.1 Å². The van der Waals surface area contributed by atoms with E-state index in [9.17, 15) is 4.79 Å². The predicted octanol–water partition coefficient (Wildman–Crippen LogP) is 3.58. The van der Waals surface area contributed by atoms with E-state index in [0.29, 0.717) is 17.6 Å². The number of carbonyl (C=O) groups excluding carboxylic acids is 1. The molecule has 0 bridgehead atoms. The number of rotatable bonds is 5. The van der Waals surface area contributed by atoms with E-state index >= 15 is 0 Å². The lowest BCUT2D eigenvalue weighted by molar-refractivity contribution is -0.116. The molecule has 116 valence electrons. The zero-order valence-corrected chi connectivity index (χ0v) is 14.5. The first-order valence-electron chi connectivity index (χ1n) is 7.41. The fourth-order valence-electron chi connectivity index (χ4n) is 2.62. The molecule has 1 atom stereocenters. The normalized spacial score (nSPS) is 17.6. The molecule has 6 heteroatoms. The molecule has 2 heterocycles. The first-order valence-corrected chi connectivity index (χ1v) is 9.02. The minimum Gasteiger partial charge on any atom is -0.313 e. The summed E-state index contributed by atoms with van der Waals surface area (Å²) >= 11 is 5.02. The Labute approximate surface area is 142 Å². The van der Waals surface area contributed by atoms with E-state index in [1.807, 2.05) is 18.3 Å². The summed E-state index contributed by atoms with van der Waals surface area (Å²) in [6.45, 7) is 1.02. The highest BCUT2D eigenvalue weighted by atomic mass is 79.9. The van der Waals surface area contributed by atoms with Crippen molar-refractivity contribution in [1.82, 2.24) is 10.3 Å². The molecule has 0 saturated carbocycles. The summed E-state index contributed by atoms with van der Waals surface area (Å²) in [5, 5.41) is 6.93. The number of nitrogens with one attached hydrogen (secondary N) is 2. The van der Waals surface area contributed by atoms with E-state index in [1.165, 1.54) is 5.56 Å². The molecule has 1 aromatic carbocycles. The molecule has 0 radical (unpaired) electrons. The van der Waals surface area contributed by atoms with Crippen LogP contribution in [0.3, 0.4) is 0 Å². The molecule has 22 heavy (non-hydrogen) atoms. The highest BCUT2D eigenvalue weighted by Gasteiger charge is 2.18. The minimum absolute atomic E-state index is 0.0442. The molecule has 0 aliphatic carbocycles. The van der Waals surface area contributed by atoms with Crippen molar-refractivity contribution in [2.75, 3.05) is 11.9 Å². The molecule has 1 aliphatic rings. The van der Waals surface area contributed by atoms with Crippen LogP contribution in [0.2, 0.25) is 0 Å². The van der Waals surface area contributed by atoms with Crippen molar-refractivity contribution >= 4 is 38.3 Å². The Balaban J connectivity index is 1.55. The van der Waals surface area contributed by atoms with Gasteiger partial charge < -0.3 is 10.6 Å². The van der Waals surface area contributed by atoms with Gasteiger partial charge in [-0.15, -0.1) is 11.3 Å². The van der Waals surface area contributed by atoms with Gasteiger partial charge in [-0.2, -0.15) is 0 Å². The Kier molecular flexibility index (Phi) is 5.23. The smallest absolute Gasteiger partial charge is 0.227 e. The molecule has 1 amide bonds. The van der Waals surface area contributed by atoms with Crippen molar-refractivity contribution in [3.05, 3.63) is 45.4 Å². The van der Waals surface area contributed by atoms with Crippen molar-refractivity contribution in [1.29, 1.82) is 0 Å². The highest BCUT2D eigenvalue weighted by Crippen LogP contribution is 2.23. The molecule has 4 nitrogen and oxygen atoms in total. The SMILES string of the molecule is O=C(CC1CCCN1)Nc1ncc(Cc2cccc(Br)c2)s1. The summed E-state index contributed by atoms with van der Waals surface area (Å²) in [6, 6.07) is 8.55. The van der Waals surface area contributed by atoms with Crippen LogP contribution in [0.1, 0.15) is 29.7 Å². The van der Waals surface area contributed by atoms with Gasteiger partial charge in [0.25, 0.3) is 0 Å². The fourth-order valence-corrected chi connectivity index (χ4v) is 3.93. The first kappa shape index (κ1) is 15.6. The Hall–Kier alpha value is -1.24. The van der Waals surface area contributed by atoms with Crippen LogP contribution in [-0.2, 0) is 11.2 Å². The van der Waals surface area contributed by atoms with Crippen LogP contribution in [0.25, 0.3) is 0 Å². The number of halogens is 1. The number of hydrogen-bond donors (Lipinski definition) is 2. The van der Waals surface area contributed by atoms with E-state index in [1.54, 1.807) is 11.3 Å². The average molecular weight is 380 g/mol. The topological polar surface area (TPSA) is 54.0 Å². The second-order valence-corrected chi connectivity index (χ2v) is 7.51. The van der Waals surface area contributed by atoms with Crippen LogP contribution in [0.5, 0.6) is 0 Å². The third-order valence-corrected chi connectivity index (χ3v) is 5.07. The monoisotopic (exact) mass is 379 g/mol. The quantitative estimate of drug-likeness (QED) is 0.834. The summed E-state index contributed by atoms with van der Waals surface area (Å²) in [6.07, 6.45) is 5.44. The molecule has 2 N–H and O–H groups in total. The molecular weight excluding hydrogens is 362 g/mol. The maximum Gasteiger partial charge on any atom is 0.227 e. The molecule has 2 aromatic rings. The van der Waals surface area contributed by atoms with Gasteiger partial charge in [0.1, 0.15) is 0 Å². The predicted molar refractivity (Wildman–Crippen MR) is 93.3 cm³/mol. The van der Waals surface area contributed by atoms with Gasteiger partial charge >= 0.3 is 0 Å². The number of hydrogen-bond acceptors (Lipinski definition) is 4. The van der Waals surface area contributed by atoms with Gasteiger partial charge in [0.15, 0.2) is 5.13 Å². The van der Waals surface area contributed by atoms with E-state index < -0.39 is 0 Å². The second-order valence-electron chi connectivity index (χ2n) is 5.48. The lowest BCUT2D eigenvalue weighted by Crippen LogP contribution is -2.27. The van der Waals surface area contributed by atoms with Gasteiger partial charge in [-0.05, 0) is 37.1 Å². The van der Waals surface area contributed by atoms with Gasteiger partial charge in [-0.3, -0.25) is 4.79 Å². The zero-order chi connectivity index (χ0) is 15.4. The van der Waals surface area contributed by atoms with E-state index in [-0.39, 0.29) is 5.91 Å². The number of amides is 1. The molecule has 1 saturated heterocycles. The average Bonchev–Trinajstić information content (AvgIpc) is 3.11. The second kappa shape index (κ2) is 7.35. The van der Waals surface area contributed by atoms with Crippen molar-refractivity contribution in [2.24, 2.45) is 0 Å². The minimum atomic E-state index is 0.0442. The Morgan fingerprint density at radius 2 is 2.41 bits per heavy atom. The van der Waals surface area contributed by atoms with Crippen molar-refractivity contribution in [2.45, 2.75) is 31.7 Å². The summed E-state index contributed by atoms with van der Waals surface area (Å²) in [4.78, 5) is 17.4. The van der Waals surface area contributed by atoms with Crippen molar-refractivity contribution in [3.8, 4) is 0 Å². The number of anilines is 1. The third-order valence-electron chi connectivity index (χ3n) is 3.66. The number of benzene rings is 1. The Bertz CT molecular complexity index is 652. The van der Waals surface area contributed by atoms with Crippen LogP contribution in [0.4, 0.5) is 5.13 Å². The van der Waals surface area contributed by atoms with Gasteiger partial charge in [0, 0.05) is 34.4 Å². The molecule has 1 fully saturated rings. The molecule has 3 rings (SSSR count). The number of aromatic nitrogens is 1. The summed E-state index contributed by atoms with van der Waals surface area (Å²) in [5.74, 6) is 0.0442. The number of nitrogens with zero attached hydrogens (tertiary/aromatic N) is 1. The standard InChI is InChI=1S/C16H18BrN3OS/c17-12-4-1-3-11(7-12)8-14-10-19-16(22-14)20-15(21)9-13-5-2-6-18-13/h1,3-4,7,10,13,18H,2,5-6,8-9H2,(H,19,20,21). The molecule has 1 aliphatic heterocycles. The van der Waals surface area contributed by atoms with Crippen LogP contribution in [-0.4, -0.2) is 23.5 Å². The maximum absolute atomic E-state index is 12.0. The maximum atomic E-state index is 12.0. The van der Waals surface area contributed by atoms with Crippen molar-refractivity contribution in [3.63, 3.8) is 0 Å². The van der Waals surface area contributed by atoms with E-state index in [2.05, 4.69) is 43.7 Å².